The lowest BCUT2D eigenvalue weighted by molar-refractivity contribution is -0.137. The fraction of sp³-hybridized carbons (Fsp3) is 0.333. The van der Waals surface area contributed by atoms with Crippen molar-refractivity contribution in [2.75, 3.05) is 19.8 Å². The van der Waals surface area contributed by atoms with Gasteiger partial charge in [0.15, 0.2) is 6.10 Å². The zero-order chi connectivity index (χ0) is 14.7. The molecule has 0 aliphatic rings. The zero-order valence-electron chi connectivity index (χ0n) is 10.7. The average Bonchev–Trinajstić information content (AvgIpc) is 2.33. The molecule has 1 atom stereocenters. The van der Waals surface area contributed by atoms with E-state index in [4.69, 9.17) is 33.7 Å². The Kier molecular flexibility index (Phi) is 5.03. The maximum atomic E-state index is 11.8. The molecule has 0 aromatic heterocycles. The number of ether oxygens (including phenoxy) is 1. The monoisotopic (exact) mass is 304 g/mol. The normalized spacial score (nSPS) is 11.8. The summed E-state index contributed by atoms with van der Waals surface area (Å²) in [7, 11) is 3.15. The fourth-order valence-electron chi connectivity index (χ4n) is 1.37. The Bertz CT molecular complexity index is 495. The molecule has 0 bridgehead atoms. The molecule has 1 aromatic carbocycles. The number of carbonyl (C=O) groups is 2. The minimum atomic E-state index is -0.891. The van der Waals surface area contributed by atoms with Gasteiger partial charge in [-0.1, -0.05) is 23.2 Å². The van der Waals surface area contributed by atoms with Gasteiger partial charge in [-0.2, -0.15) is 0 Å². The van der Waals surface area contributed by atoms with Crippen molar-refractivity contribution in [1.29, 1.82) is 0 Å². The molecule has 0 radical (unpaired) electrons. The number of nitrogens with zero attached hydrogens (tertiary/aromatic N) is 1. The van der Waals surface area contributed by atoms with E-state index < -0.39 is 12.1 Å². The Morgan fingerprint density at radius 3 is 2.37 bits per heavy atom. The third-order valence-corrected chi connectivity index (χ3v) is 3.18. The smallest absolute Gasteiger partial charge is 0.339 e. The Balaban J connectivity index is 2.88. The van der Waals surface area contributed by atoms with Crippen LogP contribution >= 0.6 is 23.2 Å². The molecule has 1 rings (SSSR count). The van der Waals surface area contributed by atoms with Crippen molar-refractivity contribution in [3.8, 4) is 0 Å². The molecule has 5 nitrogen and oxygen atoms in total. The lowest BCUT2D eigenvalue weighted by Crippen LogP contribution is -2.34. The van der Waals surface area contributed by atoms with Gasteiger partial charge in [0.2, 0.25) is 0 Å². The van der Waals surface area contributed by atoms with E-state index in [1.807, 2.05) is 0 Å². The van der Waals surface area contributed by atoms with E-state index in [2.05, 4.69) is 0 Å². The molecular weight excluding hydrogens is 291 g/mol. The molecule has 0 saturated carbocycles. The number of nitrogens with two attached hydrogens (primary N) is 1. The minimum absolute atomic E-state index is 0.144. The van der Waals surface area contributed by atoms with Crippen molar-refractivity contribution in [2.45, 2.75) is 13.0 Å². The Hall–Kier alpha value is -1.46. The first-order chi connectivity index (χ1) is 8.73. The molecule has 19 heavy (non-hydrogen) atoms. The van der Waals surface area contributed by atoms with E-state index in [1.165, 1.54) is 24.0 Å². The highest BCUT2D eigenvalue weighted by molar-refractivity contribution is 6.43. The lowest BCUT2D eigenvalue weighted by atomic mass is 10.2. The number of halogens is 2. The number of carbonyl (C=O) groups excluding carboxylic acids is 2. The van der Waals surface area contributed by atoms with Gasteiger partial charge in [-0.15, -0.1) is 0 Å². The van der Waals surface area contributed by atoms with Crippen LogP contribution in [0.15, 0.2) is 12.1 Å². The molecule has 2 N–H and O–H groups in total. The van der Waals surface area contributed by atoms with E-state index in [1.54, 1.807) is 14.1 Å². The Morgan fingerprint density at radius 1 is 1.32 bits per heavy atom. The van der Waals surface area contributed by atoms with E-state index >= 15 is 0 Å². The second-order valence-corrected chi connectivity index (χ2v) is 4.93. The number of benzene rings is 1. The highest BCUT2D eigenvalue weighted by atomic mass is 35.5. The molecular formula is C12H14Cl2N2O3. The first kappa shape index (κ1) is 15.6. The SMILES string of the molecule is CC(OC(=O)c1cc(N)c(Cl)c(Cl)c1)C(=O)N(C)C. The summed E-state index contributed by atoms with van der Waals surface area (Å²) < 4.78 is 5.02. The highest BCUT2D eigenvalue weighted by Gasteiger charge is 2.21. The molecule has 1 unspecified atom stereocenters. The van der Waals surface area contributed by atoms with Gasteiger partial charge in [-0.05, 0) is 19.1 Å². The second kappa shape index (κ2) is 6.12. The summed E-state index contributed by atoms with van der Waals surface area (Å²) >= 11 is 11.6. The van der Waals surface area contributed by atoms with E-state index in [0.29, 0.717) is 0 Å². The van der Waals surface area contributed by atoms with Gasteiger partial charge in [0.1, 0.15) is 0 Å². The molecule has 1 amide bonds. The van der Waals surface area contributed by atoms with Gasteiger partial charge in [0.25, 0.3) is 5.91 Å². The van der Waals surface area contributed by atoms with Gasteiger partial charge in [0.05, 0.1) is 21.3 Å². The maximum absolute atomic E-state index is 11.8. The quantitative estimate of drug-likeness (QED) is 0.686. The summed E-state index contributed by atoms with van der Waals surface area (Å²) in [5, 5.41) is 0.329. The average molecular weight is 305 g/mol. The van der Waals surface area contributed by atoms with Gasteiger partial charge in [-0.3, -0.25) is 4.79 Å². The molecule has 0 fully saturated rings. The van der Waals surface area contributed by atoms with Gasteiger partial charge >= 0.3 is 5.97 Å². The number of rotatable bonds is 3. The number of esters is 1. The van der Waals surface area contributed by atoms with Crippen LogP contribution in [0.3, 0.4) is 0 Å². The van der Waals surface area contributed by atoms with Crippen molar-refractivity contribution >= 4 is 40.8 Å². The highest BCUT2D eigenvalue weighted by Crippen LogP contribution is 2.29. The Morgan fingerprint density at radius 2 is 1.89 bits per heavy atom. The van der Waals surface area contributed by atoms with Crippen LogP contribution in [0.25, 0.3) is 0 Å². The largest absolute Gasteiger partial charge is 0.449 e. The number of anilines is 1. The number of hydrogen-bond acceptors (Lipinski definition) is 4. The van der Waals surface area contributed by atoms with Crippen LogP contribution in [0, 0.1) is 0 Å². The summed E-state index contributed by atoms with van der Waals surface area (Å²) in [4.78, 5) is 24.8. The van der Waals surface area contributed by atoms with E-state index in [-0.39, 0.29) is 27.2 Å². The van der Waals surface area contributed by atoms with Crippen LogP contribution in [0.1, 0.15) is 17.3 Å². The summed E-state index contributed by atoms with van der Waals surface area (Å²) in [5.41, 5.74) is 5.92. The van der Waals surface area contributed by atoms with Gasteiger partial charge < -0.3 is 15.4 Å². The van der Waals surface area contributed by atoms with Gasteiger partial charge in [-0.25, -0.2) is 4.79 Å². The predicted octanol–water partition coefficient (Wildman–Crippen LogP) is 2.21. The molecule has 7 heteroatoms. The number of amides is 1. The number of nitrogen functional groups attached to an aromatic ring is 1. The van der Waals surface area contributed by atoms with Crippen molar-refractivity contribution in [1.82, 2.24) is 4.90 Å². The van der Waals surface area contributed by atoms with Crippen LogP contribution in [0.2, 0.25) is 10.0 Å². The van der Waals surface area contributed by atoms with Crippen molar-refractivity contribution in [3.63, 3.8) is 0 Å². The van der Waals surface area contributed by atoms with Crippen LogP contribution in [0.4, 0.5) is 5.69 Å². The third-order valence-electron chi connectivity index (χ3n) is 2.36. The summed E-state index contributed by atoms with van der Waals surface area (Å²) in [5.74, 6) is -1.01. The van der Waals surface area contributed by atoms with E-state index in [9.17, 15) is 9.59 Å². The molecule has 104 valence electrons. The topological polar surface area (TPSA) is 72.6 Å². The van der Waals surface area contributed by atoms with Crippen LogP contribution in [-0.4, -0.2) is 37.0 Å². The third kappa shape index (κ3) is 3.75. The van der Waals surface area contributed by atoms with Crippen LogP contribution < -0.4 is 5.73 Å². The summed E-state index contributed by atoms with van der Waals surface area (Å²) in [6.07, 6.45) is -0.891. The van der Waals surface area contributed by atoms with Gasteiger partial charge in [0, 0.05) is 14.1 Å². The first-order valence-electron chi connectivity index (χ1n) is 5.40. The molecule has 0 heterocycles. The molecule has 0 saturated heterocycles. The molecule has 0 aliphatic carbocycles. The second-order valence-electron chi connectivity index (χ2n) is 4.14. The van der Waals surface area contributed by atoms with Crippen molar-refractivity contribution < 1.29 is 14.3 Å². The minimum Gasteiger partial charge on any atom is -0.449 e. The maximum Gasteiger partial charge on any atom is 0.339 e. The standard InChI is InChI=1S/C12H14Cl2N2O3/c1-6(11(17)16(2)3)19-12(18)7-4-8(13)10(14)9(15)5-7/h4-6H,15H2,1-3H3. The Labute approximate surface area is 121 Å². The molecule has 0 aliphatic heterocycles. The van der Waals surface area contributed by atoms with Crippen molar-refractivity contribution in [3.05, 3.63) is 27.7 Å². The summed E-state index contributed by atoms with van der Waals surface area (Å²) in [6.45, 7) is 1.49. The van der Waals surface area contributed by atoms with Crippen LogP contribution in [-0.2, 0) is 9.53 Å². The molecule has 1 aromatic rings. The first-order valence-corrected chi connectivity index (χ1v) is 6.16. The molecule has 0 spiro atoms. The zero-order valence-corrected chi connectivity index (χ0v) is 12.2. The van der Waals surface area contributed by atoms with Crippen LogP contribution in [0.5, 0.6) is 0 Å². The number of hydrogen-bond donors (Lipinski definition) is 1. The fourth-order valence-corrected chi connectivity index (χ4v) is 1.71. The van der Waals surface area contributed by atoms with E-state index in [0.717, 1.165) is 0 Å². The number of likely N-dealkylation sites (N-methyl/N-ethyl adjacent to an activating group) is 1. The summed E-state index contributed by atoms with van der Waals surface area (Å²) in [6, 6.07) is 2.69. The van der Waals surface area contributed by atoms with Crippen molar-refractivity contribution in [2.24, 2.45) is 0 Å². The predicted molar refractivity (Wildman–Crippen MR) is 74.4 cm³/mol. The lowest BCUT2D eigenvalue weighted by Gasteiger charge is -2.17.